The molecular weight excluding hydrogens is 275 g/mol. The second-order valence-corrected chi connectivity index (χ2v) is 5.57. The highest BCUT2D eigenvalue weighted by atomic mass is 19.1. The summed E-state index contributed by atoms with van der Waals surface area (Å²) < 4.78 is 18.4. The zero-order chi connectivity index (χ0) is 15.6. The number of carbonyl (C=O) groups excluding carboxylic acids is 1. The molecule has 1 amide bonds. The summed E-state index contributed by atoms with van der Waals surface area (Å²) in [5, 5.41) is 12.2. The summed E-state index contributed by atoms with van der Waals surface area (Å²) in [4.78, 5) is 14.4. The van der Waals surface area contributed by atoms with Gasteiger partial charge in [0.25, 0.3) is 5.91 Å². The van der Waals surface area contributed by atoms with Crippen LogP contribution in [0.3, 0.4) is 0 Å². The number of rotatable bonds is 4. The lowest BCUT2D eigenvalue weighted by Gasteiger charge is -2.20. The lowest BCUT2D eigenvalue weighted by atomic mass is 10.1. The molecule has 2 rings (SSSR count). The Morgan fingerprint density at radius 2 is 2.19 bits per heavy atom. The molecule has 1 aliphatic rings. The second kappa shape index (κ2) is 6.41. The number of phenols is 1. The predicted octanol–water partition coefficient (Wildman–Crippen LogP) is 1.37. The van der Waals surface area contributed by atoms with E-state index in [0.29, 0.717) is 12.6 Å². The Balaban J connectivity index is 2.06. The van der Waals surface area contributed by atoms with Gasteiger partial charge in [-0.3, -0.25) is 9.69 Å². The largest absolute Gasteiger partial charge is 0.505 e. The van der Waals surface area contributed by atoms with Gasteiger partial charge in [0.05, 0.1) is 12.1 Å². The van der Waals surface area contributed by atoms with Gasteiger partial charge in [0.1, 0.15) is 0 Å². The number of amides is 1. The SMILES string of the molecule is CO[C@@H]1CN(C(C)C)C[C@H]1NC(=O)c1ccc(F)c(O)c1. The van der Waals surface area contributed by atoms with E-state index in [4.69, 9.17) is 4.74 Å². The van der Waals surface area contributed by atoms with Gasteiger partial charge in [0.2, 0.25) is 0 Å². The zero-order valence-electron chi connectivity index (χ0n) is 12.5. The molecule has 2 N–H and O–H groups in total. The molecule has 0 spiro atoms. The number of likely N-dealkylation sites (tertiary alicyclic amines) is 1. The van der Waals surface area contributed by atoms with Gasteiger partial charge in [-0.2, -0.15) is 0 Å². The Morgan fingerprint density at radius 1 is 1.48 bits per heavy atom. The third-order valence-corrected chi connectivity index (χ3v) is 3.85. The summed E-state index contributed by atoms with van der Waals surface area (Å²) in [5.74, 6) is -1.61. The first-order valence-corrected chi connectivity index (χ1v) is 6.98. The van der Waals surface area contributed by atoms with E-state index in [9.17, 15) is 14.3 Å². The normalized spacial score (nSPS) is 22.7. The van der Waals surface area contributed by atoms with Crippen molar-refractivity contribution in [3.05, 3.63) is 29.6 Å². The molecule has 6 heteroatoms. The fourth-order valence-corrected chi connectivity index (χ4v) is 2.51. The molecule has 1 fully saturated rings. The Hall–Kier alpha value is -1.66. The minimum atomic E-state index is -0.742. The number of nitrogens with zero attached hydrogens (tertiary/aromatic N) is 1. The van der Waals surface area contributed by atoms with E-state index in [1.54, 1.807) is 7.11 Å². The molecule has 1 heterocycles. The van der Waals surface area contributed by atoms with Crippen molar-refractivity contribution in [2.75, 3.05) is 20.2 Å². The van der Waals surface area contributed by atoms with Crippen LogP contribution >= 0.6 is 0 Å². The van der Waals surface area contributed by atoms with Crippen molar-refractivity contribution < 1.29 is 19.0 Å². The summed E-state index contributed by atoms with van der Waals surface area (Å²) in [6.07, 6.45) is -0.0783. The molecule has 1 aromatic carbocycles. The monoisotopic (exact) mass is 296 g/mol. The molecule has 0 saturated carbocycles. The first-order chi connectivity index (χ1) is 9.92. The van der Waals surface area contributed by atoms with Crippen molar-refractivity contribution in [3.8, 4) is 5.75 Å². The van der Waals surface area contributed by atoms with Gasteiger partial charge in [-0.25, -0.2) is 4.39 Å². The smallest absolute Gasteiger partial charge is 0.251 e. The first kappa shape index (κ1) is 15.7. The summed E-state index contributed by atoms with van der Waals surface area (Å²) in [7, 11) is 1.62. The summed E-state index contributed by atoms with van der Waals surface area (Å²) in [6, 6.07) is 3.80. The molecule has 0 aromatic heterocycles. The Labute approximate surface area is 123 Å². The highest BCUT2D eigenvalue weighted by molar-refractivity contribution is 5.94. The number of carbonyl (C=O) groups is 1. The highest BCUT2D eigenvalue weighted by Crippen LogP contribution is 2.19. The topological polar surface area (TPSA) is 61.8 Å². The zero-order valence-corrected chi connectivity index (χ0v) is 12.5. The van der Waals surface area contributed by atoms with E-state index in [1.807, 2.05) is 0 Å². The van der Waals surface area contributed by atoms with Crippen LogP contribution in [0.2, 0.25) is 0 Å². The van der Waals surface area contributed by atoms with Crippen molar-refractivity contribution in [3.63, 3.8) is 0 Å². The van der Waals surface area contributed by atoms with Crippen molar-refractivity contribution in [2.24, 2.45) is 0 Å². The van der Waals surface area contributed by atoms with E-state index < -0.39 is 11.6 Å². The van der Waals surface area contributed by atoms with E-state index >= 15 is 0 Å². The van der Waals surface area contributed by atoms with Gasteiger partial charge in [0.15, 0.2) is 11.6 Å². The summed E-state index contributed by atoms with van der Waals surface area (Å²) >= 11 is 0. The maximum Gasteiger partial charge on any atom is 0.251 e. The first-order valence-electron chi connectivity index (χ1n) is 6.98. The van der Waals surface area contributed by atoms with E-state index in [-0.39, 0.29) is 23.6 Å². The van der Waals surface area contributed by atoms with Crippen LogP contribution in [0.25, 0.3) is 0 Å². The van der Waals surface area contributed by atoms with E-state index in [1.165, 1.54) is 6.07 Å². The van der Waals surface area contributed by atoms with Crippen LogP contribution in [0.4, 0.5) is 4.39 Å². The molecule has 1 aromatic rings. The van der Waals surface area contributed by atoms with Gasteiger partial charge < -0.3 is 15.2 Å². The lowest BCUT2D eigenvalue weighted by Crippen LogP contribution is -2.43. The van der Waals surface area contributed by atoms with Crippen molar-refractivity contribution >= 4 is 5.91 Å². The molecule has 1 aliphatic heterocycles. The summed E-state index contributed by atoms with van der Waals surface area (Å²) in [6.45, 7) is 5.65. The highest BCUT2D eigenvalue weighted by Gasteiger charge is 2.35. The minimum Gasteiger partial charge on any atom is -0.505 e. The molecule has 0 radical (unpaired) electrons. The quantitative estimate of drug-likeness (QED) is 0.881. The number of phenolic OH excluding ortho intramolecular Hbond substituents is 1. The standard InChI is InChI=1S/C15H21FN2O3/c1-9(2)18-7-12(14(8-18)21-3)17-15(20)10-4-5-11(16)13(19)6-10/h4-6,9,12,14,19H,7-8H2,1-3H3,(H,17,20)/t12-,14-/m1/s1. The van der Waals surface area contributed by atoms with Gasteiger partial charge in [-0.15, -0.1) is 0 Å². The fourth-order valence-electron chi connectivity index (χ4n) is 2.51. The maximum absolute atomic E-state index is 13.0. The van der Waals surface area contributed by atoms with Crippen molar-refractivity contribution in [2.45, 2.75) is 32.0 Å². The molecule has 116 valence electrons. The average molecular weight is 296 g/mol. The number of aromatic hydroxyl groups is 1. The van der Waals surface area contributed by atoms with E-state index in [2.05, 4.69) is 24.1 Å². The molecule has 2 atom stereocenters. The number of halogens is 1. The van der Waals surface area contributed by atoms with Crippen LogP contribution in [0, 0.1) is 5.82 Å². The minimum absolute atomic E-state index is 0.0783. The lowest BCUT2D eigenvalue weighted by molar-refractivity contribution is 0.0753. The third-order valence-electron chi connectivity index (χ3n) is 3.85. The van der Waals surface area contributed by atoms with Crippen LogP contribution in [-0.4, -0.2) is 54.3 Å². The van der Waals surface area contributed by atoms with Gasteiger partial charge >= 0.3 is 0 Å². The fraction of sp³-hybridized carbons (Fsp3) is 0.533. The average Bonchev–Trinajstić information content (AvgIpc) is 2.85. The van der Waals surface area contributed by atoms with Gasteiger partial charge in [0, 0.05) is 31.8 Å². The molecule has 0 unspecified atom stereocenters. The molecule has 0 bridgehead atoms. The number of hydrogen-bond donors (Lipinski definition) is 2. The number of nitrogens with one attached hydrogen (secondary N) is 1. The molecular formula is C15H21FN2O3. The maximum atomic E-state index is 13.0. The molecule has 5 nitrogen and oxygen atoms in total. The van der Waals surface area contributed by atoms with Crippen LogP contribution in [0.15, 0.2) is 18.2 Å². The number of ether oxygens (including phenoxy) is 1. The number of benzene rings is 1. The molecule has 0 aliphatic carbocycles. The molecule has 1 saturated heterocycles. The van der Waals surface area contributed by atoms with E-state index in [0.717, 1.165) is 18.7 Å². The Morgan fingerprint density at radius 3 is 2.76 bits per heavy atom. The van der Waals surface area contributed by atoms with Crippen LogP contribution in [-0.2, 0) is 4.74 Å². The van der Waals surface area contributed by atoms with Gasteiger partial charge in [-0.05, 0) is 32.0 Å². The van der Waals surface area contributed by atoms with Crippen LogP contribution in [0.5, 0.6) is 5.75 Å². The Bertz CT molecular complexity index is 522. The van der Waals surface area contributed by atoms with Gasteiger partial charge in [-0.1, -0.05) is 0 Å². The molecule has 21 heavy (non-hydrogen) atoms. The number of methoxy groups -OCH3 is 1. The second-order valence-electron chi connectivity index (χ2n) is 5.57. The van der Waals surface area contributed by atoms with Crippen molar-refractivity contribution in [1.29, 1.82) is 0 Å². The Kier molecular flexibility index (Phi) is 4.80. The predicted molar refractivity (Wildman–Crippen MR) is 76.8 cm³/mol. The van der Waals surface area contributed by atoms with Crippen molar-refractivity contribution in [1.82, 2.24) is 10.2 Å². The van der Waals surface area contributed by atoms with Crippen LogP contribution < -0.4 is 5.32 Å². The third kappa shape index (κ3) is 3.51. The number of hydrogen-bond acceptors (Lipinski definition) is 4. The summed E-state index contributed by atoms with van der Waals surface area (Å²) in [5.41, 5.74) is 0.228. The van der Waals surface area contributed by atoms with Crippen LogP contribution in [0.1, 0.15) is 24.2 Å².